The van der Waals surface area contributed by atoms with Crippen LogP contribution in [-0.4, -0.2) is 48.0 Å². The Morgan fingerprint density at radius 3 is 2.43 bits per heavy atom. The predicted octanol–water partition coefficient (Wildman–Crippen LogP) is 4.65. The van der Waals surface area contributed by atoms with Crippen molar-refractivity contribution in [2.24, 2.45) is 5.92 Å². The molecule has 2 N–H and O–H groups in total. The van der Waals surface area contributed by atoms with Crippen molar-refractivity contribution in [3.05, 3.63) is 87.3 Å². The number of Topliss-reactive ketones (excluding diaryl/α,β-unsaturated/α-hetero) is 1. The van der Waals surface area contributed by atoms with Gasteiger partial charge in [-0.1, -0.05) is 23.7 Å². The quantitative estimate of drug-likeness (QED) is 0.290. The Bertz CT molecular complexity index is 1660. The van der Waals surface area contributed by atoms with Gasteiger partial charge in [0.1, 0.15) is 11.8 Å². The lowest BCUT2D eigenvalue weighted by molar-refractivity contribution is -0.125. The number of pyridine rings is 2. The maximum Gasteiger partial charge on any atom is 0.333 e. The molecule has 220 valence electrons. The summed E-state index contributed by atoms with van der Waals surface area (Å²) in [5.41, 5.74) is 1.53. The first kappa shape index (κ1) is 29.5. The normalized spacial score (nSPS) is 17.9. The predicted molar refractivity (Wildman–Crippen MR) is 153 cm³/mol. The molecule has 0 unspecified atom stereocenters. The molecule has 1 fully saturated rings. The fraction of sp³-hybridized carbons (Fsp3) is 0.367. The summed E-state index contributed by atoms with van der Waals surface area (Å²) in [4.78, 5) is 46.3. The molecule has 1 aliphatic rings. The maximum absolute atomic E-state index is 13.7. The van der Waals surface area contributed by atoms with E-state index in [1.54, 1.807) is 27.5 Å². The van der Waals surface area contributed by atoms with E-state index in [1.807, 2.05) is 24.3 Å². The summed E-state index contributed by atoms with van der Waals surface area (Å²) < 4.78 is 30.1. The van der Waals surface area contributed by atoms with Crippen molar-refractivity contribution in [3.8, 4) is 5.69 Å². The van der Waals surface area contributed by atoms with Crippen molar-refractivity contribution in [1.82, 2.24) is 24.4 Å². The average molecular weight is 598 g/mol. The van der Waals surface area contributed by atoms with Crippen molar-refractivity contribution in [2.75, 3.05) is 0 Å². The molecule has 1 amide bonds. The fourth-order valence-electron chi connectivity index (χ4n) is 5.43. The van der Waals surface area contributed by atoms with Gasteiger partial charge in [-0.25, -0.2) is 13.6 Å². The van der Waals surface area contributed by atoms with Crippen molar-refractivity contribution < 1.29 is 23.5 Å². The molecule has 0 saturated heterocycles. The molecule has 3 aromatic heterocycles. The standard InChI is InChI=1S/C30H30ClF2N5O4/c1-17(39)26(40)13-21-10-11-22(15-34-21)38-25-5-3-2-4-24(25)37(30(38)42)16-18-6-8-20(9-7-18)36-29(41)23-12-19(31)14-35-27(23)28(32)33/h2-5,10-12,14-15,17-18,20,28,39H,6-9,13,16H2,1H3,(H,36,41)/t17-,18?,20?/m1/s1. The SMILES string of the molecule is C[C@@H](O)C(=O)Cc1ccc(-n2c(=O)n(CC3CCC(NC(=O)c4cc(Cl)cnc4C(F)F)CC3)c3ccccc32)cn1. The van der Waals surface area contributed by atoms with Crippen LogP contribution in [0.3, 0.4) is 0 Å². The third kappa shape index (κ3) is 6.27. The molecule has 1 aliphatic carbocycles. The van der Waals surface area contributed by atoms with Crippen LogP contribution in [0.4, 0.5) is 8.78 Å². The van der Waals surface area contributed by atoms with Crippen LogP contribution < -0.4 is 11.0 Å². The second-order valence-corrected chi connectivity index (χ2v) is 11.1. The molecule has 9 nitrogen and oxygen atoms in total. The van der Waals surface area contributed by atoms with Crippen LogP contribution in [0.15, 0.2) is 59.7 Å². The fourth-order valence-corrected chi connectivity index (χ4v) is 5.59. The molecule has 12 heteroatoms. The lowest BCUT2D eigenvalue weighted by Gasteiger charge is -2.29. The van der Waals surface area contributed by atoms with Crippen LogP contribution in [0.1, 0.15) is 60.8 Å². The zero-order valence-electron chi connectivity index (χ0n) is 22.8. The van der Waals surface area contributed by atoms with E-state index in [1.165, 1.54) is 13.0 Å². The Labute approximate surface area is 245 Å². The van der Waals surface area contributed by atoms with Gasteiger partial charge in [-0.05, 0) is 68.9 Å². The zero-order valence-corrected chi connectivity index (χ0v) is 23.6. The van der Waals surface area contributed by atoms with Gasteiger partial charge in [-0.15, -0.1) is 0 Å². The summed E-state index contributed by atoms with van der Waals surface area (Å²) in [6.07, 6.45) is 1.42. The smallest absolute Gasteiger partial charge is 0.333 e. The molecule has 3 heterocycles. The average Bonchev–Trinajstić information content (AvgIpc) is 3.25. The molecule has 1 atom stereocenters. The molecule has 42 heavy (non-hydrogen) atoms. The number of carbonyl (C=O) groups is 2. The van der Waals surface area contributed by atoms with Crippen LogP contribution in [-0.2, 0) is 17.8 Å². The van der Waals surface area contributed by atoms with Gasteiger partial charge in [0.05, 0.1) is 39.9 Å². The van der Waals surface area contributed by atoms with Crippen LogP contribution in [0.25, 0.3) is 16.7 Å². The van der Waals surface area contributed by atoms with Gasteiger partial charge in [0, 0.05) is 24.5 Å². The Morgan fingerprint density at radius 1 is 1.07 bits per heavy atom. The van der Waals surface area contributed by atoms with E-state index in [-0.39, 0.29) is 40.4 Å². The highest BCUT2D eigenvalue weighted by molar-refractivity contribution is 6.30. The van der Waals surface area contributed by atoms with E-state index >= 15 is 0 Å². The number of hydrogen-bond donors (Lipinski definition) is 2. The molecule has 0 spiro atoms. The molecular weight excluding hydrogens is 568 g/mol. The molecule has 0 radical (unpaired) electrons. The van der Waals surface area contributed by atoms with E-state index in [2.05, 4.69) is 15.3 Å². The van der Waals surface area contributed by atoms with Gasteiger partial charge < -0.3 is 10.4 Å². The number of nitrogens with zero attached hydrogens (tertiary/aromatic N) is 4. The van der Waals surface area contributed by atoms with E-state index in [0.717, 1.165) is 30.1 Å². The number of para-hydroxylation sites is 2. The number of imidazole rings is 1. The largest absolute Gasteiger partial charge is 0.386 e. The second-order valence-electron chi connectivity index (χ2n) is 10.6. The lowest BCUT2D eigenvalue weighted by atomic mass is 9.85. The Balaban J connectivity index is 1.29. The third-order valence-corrected chi connectivity index (χ3v) is 7.89. The Morgan fingerprint density at radius 2 is 1.79 bits per heavy atom. The number of halogens is 3. The van der Waals surface area contributed by atoms with Crippen LogP contribution >= 0.6 is 11.6 Å². The third-order valence-electron chi connectivity index (χ3n) is 7.68. The first-order chi connectivity index (χ1) is 20.1. The number of ketones is 1. The lowest BCUT2D eigenvalue weighted by Crippen LogP contribution is -2.39. The number of aromatic nitrogens is 4. The van der Waals surface area contributed by atoms with E-state index in [9.17, 15) is 28.3 Å². The van der Waals surface area contributed by atoms with Crippen LogP contribution in [0, 0.1) is 5.92 Å². The molecular formula is C30H30ClF2N5O4. The summed E-state index contributed by atoms with van der Waals surface area (Å²) in [7, 11) is 0. The number of fused-ring (bicyclic) bond motifs is 1. The Kier molecular flexibility index (Phi) is 8.79. The molecule has 0 bridgehead atoms. The number of alkyl halides is 2. The number of aliphatic hydroxyl groups excluding tert-OH is 1. The highest BCUT2D eigenvalue weighted by atomic mass is 35.5. The number of nitrogens with one attached hydrogen (secondary N) is 1. The first-order valence-corrected chi connectivity index (χ1v) is 14.1. The summed E-state index contributed by atoms with van der Waals surface area (Å²) in [6.45, 7) is 1.90. The van der Waals surface area contributed by atoms with E-state index in [4.69, 9.17) is 11.6 Å². The van der Waals surface area contributed by atoms with Crippen molar-refractivity contribution in [3.63, 3.8) is 0 Å². The minimum atomic E-state index is -2.90. The summed E-state index contributed by atoms with van der Waals surface area (Å²) in [6, 6.07) is 11.9. The van der Waals surface area contributed by atoms with Gasteiger partial charge in [0.15, 0.2) is 5.78 Å². The Hall–Kier alpha value is -3.96. The summed E-state index contributed by atoms with van der Waals surface area (Å²) in [5.74, 6) is -0.790. The molecule has 1 saturated carbocycles. The minimum Gasteiger partial charge on any atom is -0.386 e. The van der Waals surface area contributed by atoms with Crippen LogP contribution in [0.5, 0.6) is 0 Å². The summed E-state index contributed by atoms with van der Waals surface area (Å²) in [5, 5.41) is 12.4. The van der Waals surface area contributed by atoms with Crippen molar-refractivity contribution in [2.45, 2.75) is 64.1 Å². The van der Waals surface area contributed by atoms with Gasteiger partial charge in [-0.3, -0.25) is 28.7 Å². The first-order valence-electron chi connectivity index (χ1n) is 13.7. The number of benzene rings is 1. The zero-order chi connectivity index (χ0) is 30.0. The van der Waals surface area contributed by atoms with E-state index in [0.29, 0.717) is 30.8 Å². The van der Waals surface area contributed by atoms with Gasteiger partial charge in [0.25, 0.3) is 12.3 Å². The number of aliphatic hydroxyl groups is 1. The molecule has 0 aliphatic heterocycles. The van der Waals surface area contributed by atoms with E-state index < -0.39 is 24.1 Å². The van der Waals surface area contributed by atoms with Crippen molar-refractivity contribution >= 4 is 34.3 Å². The maximum atomic E-state index is 13.7. The number of amides is 1. The minimum absolute atomic E-state index is 0.00109. The molecule has 1 aromatic carbocycles. The topological polar surface area (TPSA) is 119 Å². The summed E-state index contributed by atoms with van der Waals surface area (Å²) >= 11 is 5.89. The van der Waals surface area contributed by atoms with Gasteiger partial charge in [0.2, 0.25) is 0 Å². The van der Waals surface area contributed by atoms with Crippen LogP contribution in [0.2, 0.25) is 5.02 Å². The highest BCUT2D eigenvalue weighted by Crippen LogP contribution is 2.29. The van der Waals surface area contributed by atoms with Gasteiger partial charge in [-0.2, -0.15) is 0 Å². The monoisotopic (exact) mass is 597 g/mol. The molecule has 4 aromatic rings. The number of rotatable bonds is 9. The van der Waals surface area contributed by atoms with Gasteiger partial charge >= 0.3 is 5.69 Å². The second kappa shape index (κ2) is 12.5. The molecule has 5 rings (SSSR count). The number of carbonyl (C=O) groups excluding carboxylic acids is 2. The number of hydrogen-bond acceptors (Lipinski definition) is 6. The highest BCUT2D eigenvalue weighted by Gasteiger charge is 2.27. The van der Waals surface area contributed by atoms with Crippen molar-refractivity contribution in [1.29, 1.82) is 0 Å².